The van der Waals surface area contributed by atoms with E-state index in [9.17, 15) is 14.4 Å². The molecule has 1 aliphatic rings. The Bertz CT molecular complexity index is 1320. The Balaban J connectivity index is 1.60. The van der Waals surface area contributed by atoms with Crippen molar-refractivity contribution in [3.05, 3.63) is 96.9 Å². The van der Waals surface area contributed by atoms with Crippen LogP contribution >= 0.6 is 50.7 Å². The molecule has 4 rings (SSSR count). The van der Waals surface area contributed by atoms with Crippen LogP contribution in [-0.2, 0) is 16.2 Å². The van der Waals surface area contributed by atoms with Gasteiger partial charge in [0.1, 0.15) is 12.2 Å². The summed E-state index contributed by atoms with van der Waals surface area (Å²) in [6.07, 6.45) is 1.30. The third-order valence-electron chi connectivity index (χ3n) is 4.80. The molecule has 0 unspecified atom stereocenters. The number of ether oxygens (including phenoxy) is 1. The van der Waals surface area contributed by atoms with Crippen molar-refractivity contribution in [2.45, 2.75) is 6.61 Å². The van der Waals surface area contributed by atoms with Gasteiger partial charge in [0, 0.05) is 9.50 Å². The topological polar surface area (TPSA) is 75.7 Å². The van der Waals surface area contributed by atoms with Crippen LogP contribution in [0.25, 0.3) is 6.08 Å². The predicted molar refractivity (Wildman–Crippen MR) is 135 cm³/mol. The summed E-state index contributed by atoms with van der Waals surface area (Å²) in [4.78, 5) is 38.6. The number of nitrogens with zero attached hydrogens (tertiary/aromatic N) is 1. The van der Waals surface area contributed by atoms with Gasteiger partial charge in [0.2, 0.25) is 0 Å². The van der Waals surface area contributed by atoms with Gasteiger partial charge in [-0.2, -0.15) is 0 Å². The minimum absolute atomic E-state index is 0.197. The van der Waals surface area contributed by atoms with Gasteiger partial charge < -0.3 is 4.74 Å². The van der Waals surface area contributed by atoms with E-state index < -0.39 is 17.8 Å². The van der Waals surface area contributed by atoms with Crippen LogP contribution in [0.5, 0.6) is 5.75 Å². The molecule has 1 fully saturated rings. The Morgan fingerprint density at radius 1 is 0.941 bits per heavy atom. The standard InChI is InChI=1S/C24H14BrCl3N2O4/c25-15-6-4-13(5-7-15)12-34-21-19(27)9-14(10-20(21)28)8-18-22(31)29-24(33)30(23(18)32)17-3-1-2-16(26)11-17/h1-11H,12H2,(H,29,31,33)/b18-8+. The Morgan fingerprint density at radius 3 is 2.26 bits per heavy atom. The van der Waals surface area contributed by atoms with Crippen molar-refractivity contribution in [1.82, 2.24) is 5.32 Å². The number of amides is 4. The molecule has 10 heteroatoms. The minimum Gasteiger partial charge on any atom is -0.486 e. The molecule has 0 radical (unpaired) electrons. The van der Waals surface area contributed by atoms with Gasteiger partial charge in [0.05, 0.1) is 15.7 Å². The number of hydrogen-bond acceptors (Lipinski definition) is 4. The molecule has 1 N–H and O–H groups in total. The molecule has 4 amide bonds. The van der Waals surface area contributed by atoms with Crippen LogP contribution < -0.4 is 15.0 Å². The Morgan fingerprint density at radius 2 is 1.62 bits per heavy atom. The van der Waals surface area contributed by atoms with Gasteiger partial charge in [-0.15, -0.1) is 0 Å². The molecule has 1 aliphatic heterocycles. The summed E-state index contributed by atoms with van der Waals surface area (Å²) in [5.41, 5.74) is 1.25. The highest BCUT2D eigenvalue weighted by molar-refractivity contribution is 9.10. The lowest BCUT2D eigenvalue weighted by Crippen LogP contribution is -2.54. The van der Waals surface area contributed by atoms with Gasteiger partial charge in [-0.05, 0) is 59.7 Å². The van der Waals surface area contributed by atoms with Crippen LogP contribution in [0.15, 0.2) is 70.7 Å². The fraction of sp³-hybridized carbons (Fsp3) is 0.0417. The molecule has 0 spiro atoms. The summed E-state index contributed by atoms with van der Waals surface area (Å²) in [6.45, 7) is 0.241. The molecule has 0 atom stereocenters. The normalized spacial score (nSPS) is 15.0. The molecule has 0 bridgehead atoms. The molecule has 3 aromatic carbocycles. The van der Waals surface area contributed by atoms with E-state index in [4.69, 9.17) is 39.5 Å². The molecule has 3 aromatic rings. The van der Waals surface area contributed by atoms with Crippen molar-refractivity contribution < 1.29 is 19.1 Å². The van der Waals surface area contributed by atoms with Crippen LogP contribution in [0.3, 0.4) is 0 Å². The maximum absolute atomic E-state index is 13.0. The maximum Gasteiger partial charge on any atom is 0.335 e. The molecule has 6 nitrogen and oxygen atoms in total. The summed E-state index contributed by atoms with van der Waals surface area (Å²) in [5, 5.41) is 2.88. The second kappa shape index (κ2) is 10.2. The maximum atomic E-state index is 13.0. The first-order chi connectivity index (χ1) is 16.2. The smallest absolute Gasteiger partial charge is 0.335 e. The minimum atomic E-state index is -0.873. The highest BCUT2D eigenvalue weighted by Gasteiger charge is 2.37. The van der Waals surface area contributed by atoms with Crippen LogP contribution in [0.1, 0.15) is 11.1 Å². The zero-order valence-electron chi connectivity index (χ0n) is 17.2. The Hall–Kier alpha value is -2.84. The fourth-order valence-electron chi connectivity index (χ4n) is 3.21. The average Bonchev–Trinajstić information content (AvgIpc) is 2.77. The first-order valence-electron chi connectivity index (χ1n) is 9.76. The number of barbiturate groups is 1. The van der Waals surface area contributed by atoms with Crippen LogP contribution in [-0.4, -0.2) is 17.8 Å². The zero-order valence-corrected chi connectivity index (χ0v) is 21.0. The molecule has 172 valence electrons. The molecule has 0 aromatic heterocycles. The van der Waals surface area contributed by atoms with Crippen molar-refractivity contribution in [3.8, 4) is 5.75 Å². The van der Waals surface area contributed by atoms with Crippen molar-refractivity contribution in [3.63, 3.8) is 0 Å². The SMILES string of the molecule is O=C1NC(=O)N(c2cccc(Cl)c2)C(=O)/C1=C/c1cc(Cl)c(OCc2ccc(Br)cc2)c(Cl)c1. The lowest BCUT2D eigenvalue weighted by Gasteiger charge is -2.26. The molecule has 0 aliphatic carbocycles. The van der Waals surface area contributed by atoms with Gasteiger partial charge in [0.15, 0.2) is 5.75 Å². The summed E-state index contributed by atoms with van der Waals surface area (Å²) in [7, 11) is 0. The van der Waals surface area contributed by atoms with Crippen molar-refractivity contribution in [1.29, 1.82) is 0 Å². The summed E-state index contributed by atoms with van der Waals surface area (Å²) in [6, 6.07) is 15.9. The monoisotopic (exact) mass is 578 g/mol. The Kier molecular flexibility index (Phi) is 7.28. The number of anilines is 1. The van der Waals surface area contributed by atoms with E-state index in [1.807, 2.05) is 24.3 Å². The summed E-state index contributed by atoms with van der Waals surface area (Å²) in [5.74, 6) is -1.38. The zero-order chi connectivity index (χ0) is 24.4. The van der Waals surface area contributed by atoms with E-state index in [1.165, 1.54) is 30.3 Å². The van der Waals surface area contributed by atoms with E-state index in [2.05, 4.69) is 21.2 Å². The molecule has 1 saturated heterocycles. The first-order valence-corrected chi connectivity index (χ1v) is 11.7. The molecular formula is C24H14BrCl3N2O4. The van der Waals surface area contributed by atoms with Crippen molar-refractivity contribution in [2.75, 3.05) is 4.90 Å². The second-order valence-electron chi connectivity index (χ2n) is 7.17. The third kappa shape index (κ3) is 5.28. The second-order valence-corrected chi connectivity index (χ2v) is 9.33. The van der Waals surface area contributed by atoms with Crippen molar-refractivity contribution >= 4 is 80.3 Å². The van der Waals surface area contributed by atoms with E-state index in [1.54, 1.807) is 12.1 Å². The average molecular weight is 581 g/mol. The van der Waals surface area contributed by atoms with Crippen LogP contribution in [0.4, 0.5) is 10.5 Å². The lowest BCUT2D eigenvalue weighted by molar-refractivity contribution is -0.122. The highest BCUT2D eigenvalue weighted by Crippen LogP contribution is 2.36. The number of imide groups is 2. The molecule has 34 heavy (non-hydrogen) atoms. The molecule has 1 heterocycles. The van der Waals surface area contributed by atoms with E-state index in [-0.39, 0.29) is 33.7 Å². The number of rotatable bonds is 5. The number of carbonyl (C=O) groups excluding carboxylic acids is 3. The largest absolute Gasteiger partial charge is 0.486 e. The van der Waals surface area contributed by atoms with Gasteiger partial charge in [-0.25, -0.2) is 9.69 Å². The number of nitrogens with one attached hydrogen (secondary N) is 1. The van der Waals surface area contributed by atoms with Crippen LogP contribution in [0, 0.1) is 0 Å². The number of carbonyl (C=O) groups is 3. The number of hydrogen-bond donors (Lipinski definition) is 1. The quantitative estimate of drug-likeness (QED) is 0.271. The van der Waals surface area contributed by atoms with E-state index >= 15 is 0 Å². The van der Waals surface area contributed by atoms with Gasteiger partial charge in [0.25, 0.3) is 11.8 Å². The van der Waals surface area contributed by atoms with Gasteiger partial charge in [-0.3, -0.25) is 14.9 Å². The van der Waals surface area contributed by atoms with E-state index in [0.717, 1.165) is 14.9 Å². The van der Waals surface area contributed by atoms with Crippen LogP contribution in [0.2, 0.25) is 15.1 Å². The third-order valence-corrected chi connectivity index (χ3v) is 6.12. The number of halogens is 4. The predicted octanol–water partition coefficient (Wildman–Crippen LogP) is 6.65. The first kappa shape index (κ1) is 24.3. The Labute approximate surface area is 218 Å². The number of urea groups is 1. The van der Waals surface area contributed by atoms with Crippen molar-refractivity contribution in [2.24, 2.45) is 0 Å². The fourth-order valence-corrected chi connectivity index (χ4v) is 4.27. The molecule has 0 saturated carbocycles. The van der Waals surface area contributed by atoms with Gasteiger partial charge in [-0.1, -0.05) is 68.9 Å². The summed E-state index contributed by atoms with van der Waals surface area (Å²) < 4.78 is 6.72. The highest BCUT2D eigenvalue weighted by atomic mass is 79.9. The number of benzene rings is 3. The molecular weight excluding hydrogens is 567 g/mol. The lowest BCUT2D eigenvalue weighted by atomic mass is 10.1. The van der Waals surface area contributed by atoms with E-state index in [0.29, 0.717) is 10.6 Å². The summed E-state index contributed by atoms with van der Waals surface area (Å²) >= 11 is 22.1. The van der Waals surface area contributed by atoms with Gasteiger partial charge >= 0.3 is 6.03 Å².